The molecule has 1 saturated heterocycles. The molecular weight excluding hydrogens is 268 g/mol. The van der Waals surface area contributed by atoms with E-state index in [1.54, 1.807) is 0 Å². The predicted molar refractivity (Wildman–Crippen MR) is 65.8 cm³/mol. The number of carboxylic acids is 1. The van der Waals surface area contributed by atoms with Gasteiger partial charge in [0.1, 0.15) is 0 Å². The Kier molecular flexibility index (Phi) is 5.36. The molecule has 8 heteroatoms. The standard InChI is InChI=1S/C12H16N2O6/c15-7-12(8-16)10(19)13-11(20)14(12)6-4-2-1-3-5-9(17)18/h7-8H,1-6H2,(H,17,18)(H,13,19,20). The largest absolute Gasteiger partial charge is 0.481 e. The first-order valence-electron chi connectivity index (χ1n) is 6.25. The van der Waals surface area contributed by atoms with Crippen LogP contribution in [0.2, 0.25) is 0 Å². The molecule has 1 aliphatic rings. The Bertz CT molecular complexity index is 426. The van der Waals surface area contributed by atoms with Gasteiger partial charge < -0.3 is 5.11 Å². The molecule has 0 aromatic rings. The van der Waals surface area contributed by atoms with Gasteiger partial charge in [-0.2, -0.15) is 0 Å². The minimum atomic E-state index is -2.06. The average molecular weight is 284 g/mol. The van der Waals surface area contributed by atoms with Gasteiger partial charge >= 0.3 is 12.0 Å². The third kappa shape index (κ3) is 3.19. The zero-order valence-corrected chi connectivity index (χ0v) is 10.8. The number of aliphatic carboxylic acids is 1. The highest BCUT2D eigenvalue weighted by Gasteiger charge is 2.53. The van der Waals surface area contributed by atoms with Crippen molar-refractivity contribution in [3.8, 4) is 0 Å². The predicted octanol–water partition coefficient (Wildman–Crippen LogP) is -0.290. The number of carboxylic acid groups (broad SMARTS) is 1. The van der Waals surface area contributed by atoms with Crippen LogP contribution in [0.25, 0.3) is 0 Å². The lowest BCUT2D eigenvalue weighted by Gasteiger charge is -2.24. The van der Waals surface area contributed by atoms with Gasteiger partial charge in [-0.3, -0.25) is 29.4 Å². The van der Waals surface area contributed by atoms with E-state index in [0.717, 1.165) is 4.90 Å². The number of imide groups is 1. The second kappa shape index (κ2) is 6.78. The highest BCUT2D eigenvalue weighted by molar-refractivity contribution is 6.25. The lowest BCUT2D eigenvalue weighted by molar-refractivity contribution is -0.138. The van der Waals surface area contributed by atoms with Crippen molar-refractivity contribution in [2.75, 3.05) is 6.54 Å². The molecule has 0 aromatic carbocycles. The van der Waals surface area contributed by atoms with Gasteiger partial charge in [-0.05, 0) is 12.8 Å². The summed E-state index contributed by atoms with van der Waals surface area (Å²) < 4.78 is 0. The Hall–Kier alpha value is -2.25. The van der Waals surface area contributed by atoms with Crippen molar-refractivity contribution >= 4 is 30.5 Å². The van der Waals surface area contributed by atoms with Gasteiger partial charge in [0.2, 0.25) is 5.54 Å². The van der Waals surface area contributed by atoms with Gasteiger partial charge in [-0.1, -0.05) is 12.8 Å². The van der Waals surface area contributed by atoms with E-state index < -0.39 is 23.4 Å². The molecule has 1 heterocycles. The molecule has 20 heavy (non-hydrogen) atoms. The maximum Gasteiger partial charge on any atom is 0.325 e. The number of carbonyl (C=O) groups is 5. The molecule has 1 aliphatic heterocycles. The number of hydrogen-bond acceptors (Lipinski definition) is 5. The molecule has 0 bridgehead atoms. The van der Waals surface area contributed by atoms with Crippen molar-refractivity contribution in [3.63, 3.8) is 0 Å². The van der Waals surface area contributed by atoms with E-state index in [2.05, 4.69) is 0 Å². The zero-order chi connectivity index (χ0) is 15.2. The monoisotopic (exact) mass is 284 g/mol. The zero-order valence-electron chi connectivity index (χ0n) is 10.8. The van der Waals surface area contributed by atoms with Gasteiger partial charge in [-0.25, -0.2) is 4.79 Å². The van der Waals surface area contributed by atoms with Crippen molar-refractivity contribution in [3.05, 3.63) is 0 Å². The van der Waals surface area contributed by atoms with Crippen LogP contribution in [0.1, 0.15) is 32.1 Å². The molecule has 0 radical (unpaired) electrons. The van der Waals surface area contributed by atoms with Crippen molar-refractivity contribution in [1.82, 2.24) is 10.2 Å². The smallest absolute Gasteiger partial charge is 0.325 e. The van der Waals surface area contributed by atoms with Gasteiger partial charge in [-0.15, -0.1) is 0 Å². The van der Waals surface area contributed by atoms with E-state index in [0.29, 0.717) is 25.7 Å². The minimum absolute atomic E-state index is 0.0787. The van der Waals surface area contributed by atoms with E-state index in [-0.39, 0.29) is 25.5 Å². The molecule has 2 N–H and O–H groups in total. The number of aldehydes is 2. The summed E-state index contributed by atoms with van der Waals surface area (Å²) in [5, 5.41) is 10.4. The van der Waals surface area contributed by atoms with Gasteiger partial charge in [0.15, 0.2) is 12.6 Å². The molecule has 0 saturated carbocycles. The number of nitrogens with zero attached hydrogens (tertiary/aromatic N) is 1. The third-order valence-electron chi connectivity index (χ3n) is 3.16. The van der Waals surface area contributed by atoms with Crippen LogP contribution in [0.4, 0.5) is 4.79 Å². The minimum Gasteiger partial charge on any atom is -0.481 e. The van der Waals surface area contributed by atoms with Crippen molar-refractivity contribution in [2.24, 2.45) is 0 Å². The Labute approximate surface area is 115 Å². The summed E-state index contributed by atoms with van der Waals surface area (Å²) in [6.07, 6.45) is 2.69. The number of urea groups is 1. The highest BCUT2D eigenvalue weighted by Crippen LogP contribution is 2.19. The summed E-state index contributed by atoms with van der Waals surface area (Å²) in [4.78, 5) is 56.2. The van der Waals surface area contributed by atoms with Crippen LogP contribution in [-0.4, -0.2) is 52.6 Å². The summed E-state index contributed by atoms with van der Waals surface area (Å²) in [5.41, 5.74) is -2.06. The first kappa shape index (κ1) is 15.8. The number of carbonyl (C=O) groups excluding carboxylic acids is 4. The summed E-state index contributed by atoms with van der Waals surface area (Å²) in [6.45, 7) is 0.0854. The highest BCUT2D eigenvalue weighted by atomic mass is 16.4. The van der Waals surface area contributed by atoms with Gasteiger partial charge in [0.25, 0.3) is 5.91 Å². The average Bonchev–Trinajstić information content (AvgIpc) is 2.64. The number of unbranched alkanes of at least 4 members (excludes halogenated alkanes) is 3. The molecule has 1 rings (SSSR count). The van der Waals surface area contributed by atoms with Crippen molar-refractivity contribution in [2.45, 2.75) is 37.6 Å². The summed E-state index contributed by atoms with van der Waals surface area (Å²) in [5.74, 6) is -1.80. The van der Waals surface area contributed by atoms with Crippen LogP contribution >= 0.6 is 0 Å². The van der Waals surface area contributed by atoms with Crippen LogP contribution in [-0.2, 0) is 19.2 Å². The summed E-state index contributed by atoms with van der Waals surface area (Å²) >= 11 is 0. The molecule has 1 fully saturated rings. The topological polar surface area (TPSA) is 121 Å². The van der Waals surface area contributed by atoms with E-state index in [1.807, 2.05) is 5.32 Å². The SMILES string of the molecule is O=CC1(C=O)C(=O)NC(=O)N1CCCCCCC(=O)O. The molecular formula is C12H16N2O6. The van der Waals surface area contributed by atoms with Crippen LogP contribution < -0.4 is 5.32 Å². The van der Waals surface area contributed by atoms with E-state index in [9.17, 15) is 24.0 Å². The fraction of sp³-hybridized carbons (Fsp3) is 0.583. The lowest BCUT2D eigenvalue weighted by atomic mass is 10.0. The quantitative estimate of drug-likeness (QED) is 0.260. The molecule has 0 spiro atoms. The van der Waals surface area contributed by atoms with Crippen LogP contribution in [0, 0.1) is 0 Å². The van der Waals surface area contributed by atoms with Gasteiger partial charge in [0, 0.05) is 13.0 Å². The Morgan fingerprint density at radius 1 is 1.15 bits per heavy atom. The molecule has 0 atom stereocenters. The summed E-state index contributed by atoms with van der Waals surface area (Å²) in [6, 6.07) is -0.764. The van der Waals surface area contributed by atoms with E-state index in [4.69, 9.17) is 5.11 Å². The van der Waals surface area contributed by atoms with E-state index >= 15 is 0 Å². The van der Waals surface area contributed by atoms with Gasteiger partial charge in [0.05, 0.1) is 0 Å². The number of nitrogens with one attached hydrogen (secondary N) is 1. The summed E-state index contributed by atoms with van der Waals surface area (Å²) in [7, 11) is 0. The Balaban J connectivity index is 2.47. The molecule has 8 nitrogen and oxygen atoms in total. The number of hydrogen-bond donors (Lipinski definition) is 2. The molecule has 0 unspecified atom stereocenters. The van der Waals surface area contributed by atoms with Crippen LogP contribution in [0.3, 0.4) is 0 Å². The Morgan fingerprint density at radius 3 is 2.30 bits per heavy atom. The fourth-order valence-corrected chi connectivity index (χ4v) is 2.00. The van der Waals surface area contributed by atoms with Crippen molar-refractivity contribution in [1.29, 1.82) is 0 Å². The second-order valence-electron chi connectivity index (χ2n) is 4.53. The lowest BCUT2D eigenvalue weighted by Crippen LogP contribution is -2.53. The normalized spacial score (nSPS) is 16.9. The maximum atomic E-state index is 11.5. The molecule has 3 amide bonds. The molecule has 0 aliphatic carbocycles. The molecule has 110 valence electrons. The Morgan fingerprint density at radius 2 is 1.75 bits per heavy atom. The van der Waals surface area contributed by atoms with E-state index in [1.165, 1.54) is 0 Å². The number of amides is 3. The third-order valence-corrected chi connectivity index (χ3v) is 3.16. The van der Waals surface area contributed by atoms with Crippen LogP contribution in [0.5, 0.6) is 0 Å². The molecule has 0 aromatic heterocycles. The maximum absolute atomic E-state index is 11.5. The first-order chi connectivity index (χ1) is 9.47. The van der Waals surface area contributed by atoms with Crippen LogP contribution in [0.15, 0.2) is 0 Å². The fourth-order valence-electron chi connectivity index (χ4n) is 2.00. The second-order valence-corrected chi connectivity index (χ2v) is 4.53. The van der Waals surface area contributed by atoms with Crippen molar-refractivity contribution < 1.29 is 29.1 Å². The number of rotatable bonds is 9. The first-order valence-corrected chi connectivity index (χ1v) is 6.25.